The van der Waals surface area contributed by atoms with Crippen molar-refractivity contribution in [2.45, 2.75) is 209 Å². The Morgan fingerprint density at radius 2 is 0.750 bits per heavy atom. The zero-order chi connectivity index (χ0) is 83.9. The van der Waals surface area contributed by atoms with E-state index in [1.807, 2.05) is 114 Å². The van der Waals surface area contributed by atoms with Crippen LogP contribution in [0.25, 0.3) is 9.69 Å². The summed E-state index contributed by atoms with van der Waals surface area (Å²) in [7, 11) is -23.1. The number of para-hydroxylation sites is 4. The minimum absolute atomic E-state index is 0. The highest BCUT2D eigenvalue weighted by Gasteiger charge is 2.51. The number of esters is 1. The number of carbonyl (C=O) groups is 1. The first-order valence-corrected chi connectivity index (χ1v) is 46.4. The Morgan fingerprint density at radius 1 is 0.463 bits per heavy atom. The first-order valence-electron chi connectivity index (χ1n) is 34.8. The molecule has 3 atom stereocenters. The number of nitrogens with two attached hydrogens (primary N) is 3. The molecular weight excluding hydrogens is 1550 g/mol. The Balaban J connectivity index is -0.000000386. The van der Waals surface area contributed by atoms with E-state index in [9.17, 15) is 36.7 Å². The molecule has 0 saturated carbocycles. The van der Waals surface area contributed by atoms with Crippen molar-refractivity contribution in [3.05, 3.63) is 144 Å². The average molecular weight is 1680 g/mol. The summed E-state index contributed by atoms with van der Waals surface area (Å²) in [5.74, 6) is 1.59. The Bertz CT molecular complexity index is 3520. The average Bonchev–Trinajstić information content (AvgIpc) is 0.797. The SMILES string of the molecule is CC#N.CC(C)(CN)P(=O)(O)O.CCC(C)(C)P(=O)(Oc1ccccc1)Oc1ccccc1.CCC(C)(C)P(C)(=O)Oc1ccccc1.CCOC(=O)[C@H](C)OP(=O)(Oc1ccccc1)C(C)(C)CN.CCOP(=O)(OCC)C(C)(C)CN.Cl.[C-]#[N+]C(C)(C)P(=O)(OCC)OCC.[C-]#[N+]CP(=O)(OCC)OCC. The van der Waals surface area contributed by atoms with Crippen LogP contribution in [0.3, 0.4) is 0 Å². The van der Waals surface area contributed by atoms with Gasteiger partial charge in [-0.25, -0.2) is 27.1 Å². The van der Waals surface area contributed by atoms with Crippen LogP contribution in [0.15, 0.2) is 121 Å². The standard InChI is InChI=1S/C17H21O3P.C15H24NO5P.C12H19O2P.C8H16NO3P.C8H20NO3P.C6H12NO3P.C4H12NO3P.C2H3N.ClH/c1-4-17(2,3)21(18,19-15-11-7-5-8-12-15)20-16-13-9-6-10-14-16;1-5-19-14(17)12(2)20-22(18,15(3,4)11-16)21-13-9-7-6-8-10-13;1-5-12(2,3)15(4,13)14-11-9-7-6-8-10-11;1-6-11-13(10,12-7-2)8(3,4)9-5;1-5-11-13(10,12-6-2)8(3,4)7-9;1-4-9-11(8,6-7-3)10-5-2;1-4(2,3-5)9(6,7)8;1-2-3;/h5-14H,4H2,1-3H3;6-10,12H,5,11,16H2,1-4H3;6-10H,5H2,1-4H3;6-7H2,1-4H3;5-7,9H2,1-4H3;4-6H2,1-2H3;3,5H2,1-2H3,(H2,6,7,8);1H3;1H/t;12-,22?;;;;;;;/m.0......./s1. The van der Waals surface area contributed by atoms with Crippen LogP contribution in [0.1, 0.15) is 172 Å². The fourth-order valence-electron chi connectivity index (χ4n) is 6.63. The van der Waals surface area contributed by atoms with Gasteiger partial charge in [0.15, 0.2) is 6.10 Å². The number of ether oxygens (including phenoxy) is 1. The topological polar surface area (TPSA) is 398 Å². The highest BCUT2D eigenvalue weighted by Crippen LogP contribution is 2.63. The zero-order valence-corrected chi connectivity index (χ0v) is 75.1. The molecule has 8 N–H and O–H groups in total. The smallest absolute Gasteiger partial charge is 0.436 e. The van der Waals surface area contributed by atoms with Crippen LogP contribution in [0.4, 0.5) is 0 Å². The van der Waals surface area contributed by atoms with E-state index in [-0.39, 0.29) is 63.3 Å². The normalized spacial score (nSPS) is 13.2. The Kier molecular flexibility index (Phi) is 56.2. The molecule has 108 heavy (non-hydrogen) atoms. The summed E-state index contributed by atoms with van der Waals surface area (Å²) in [5.41, 5.74) is 16.3. The maximum absolute atomic E-state index is 13.4. The first kappa shape index (κ1) is 112. The maximum Gasteiger partial charge on any atom is 0.436 e. The molecule has 0 saturated heterocycles. The molecule has 0 bridgehead atoms. The number of nitrogens with zero attached hydrogens (tertiary/aromatic N) is 3. The van der Waals surface area contributed by atoms with Crippen molar-refractivity contribution in [2.75, 3.05) is 78.8 Å². The molecule has 0 aliphatic carbocycles. The van der Waals surface area contributed by atoms with Crippen LogP contribution in [-0.2, 0) is 73.2 Å². The number of benzene rings is 4. The third-order valence-corrected chi connectivity index (χ3v) is 32.8. The highest BCUT2D eigenvalue weighted by molar-refractivity contribution is 7.60. The van der Waals surface area contributed by atoms with Gasteiger partial charge in [-0.1, -0.05) is 86.6 Å². The van der Waals surface area contributed by atoms with Crippen molar-refractivity contribution < 1.29 is 101 Å². The van der Waals surface area contributed by atoms with Gasteiger partial charge < -0.3 is 81.8 Å². The molecule has 620 valence electrons. The third-order valence-electron chi connectivity index (χ3n) is 15.2. The number of rotatable bonds is 36. The molecule has 0 radical (unpaired) electrons. The maximum atomic E-state index is 13.4. The van der Waals surface area contributed by atoms with E-state index in [4.69, 9.17) is 99.9 Å². The summed E-state index contributed by atoms with van der Waals surface area (Å²) in [6.07, 6.45) is 0.326. The number of hydrogen-bond acceptors (Lipinski definition) is 24. The Morgan fingerprint density at radius 3 is 1.00 bits per heavy atom. The minimum Gasteiger partial charge on any atom is -0.464 e. The zero-order valence-electron chi connectivity index (χ0n) is 68.0. The molecule has 0 spiro atoms. The number of hydrogen-bond donors (Lipinski definition) is 5. The highest BCUT2D eigenvalue weighted by atomic mass is 35.5. The monoisotopic (exact) mass is 1680 g/mol. The summed E-state index contributed by atoms with van der Waals surface area (Å²) < 4.78 is 148. The van der Waals surface area contributed by atoms with Gasteiger partial charge in [0.2, 0.25) is 7.37 Å². The van der Waals surface area contributed by atoms with E-state index in [0.717, 1.165) is 6.42 Å². The summed E-state index contributed by atoms with van der Waals surface area (Å²) in [6, 6.07) is 38.1. The van der Waals surface area contributed by atoms with Gasteiger partial charge in [-0.3, -0.25) is 32.2 Å². The fraction of sp³-hybridized carbons (Fsp3) is 0.611. The third kappa shape index (κ3) is 40.3. The van der Waals surface area contributed by atoms with Crippen molar-refractivity contribution in [3.63, 3.8) is 0 Å². The van der Waals surface area contributed by atoms with Gasteiger partial charge in [-0.2, -0.15) is 5.26 Å². The van der Waals surface area contributed by atoms with Crippen LogP contribution in [0.5, 0.6) is 23.0 Å². The van der Waals surface area contributed by atoms with Crippen molar-refractivity contribution >= 4 is 71.3 Å². The van der Waals surface area contributed by atoms with Crippen molar-refractivity contribution in [3.8, 4) is 29.1 Å². The lowest BCUT2D eigenvalue weighted by Gasteiger charge is -2.33. The predicted octanol–water partition coefficient (Wildman–Crippen LogP) is 20.5. The number of carbonyl (C=O) groups excluding carboxylic acids is 1. The largest absolute Gasteiger partial charge is 0.464 e. The Hall–Kier alpha value is -4.56. The lowest BCUT2D eigenvalue weighted by molar-refractivity contribution is -0.150. The molecule has 36 heteroatoms. The van der Waals surface area contributed by atoms with Crippen LogP contribution in [0.2, 0.25) is 0 Å². The number of nitriles is 1. The minimum atomic E-state index is -3.99. The molecule has 0 aliphatic heterocycles. The molecule has 4 rings (SSSR count). The molecule has 28 nitrogen and oxygen atoms in total. The van der Waals surface area contributed by atoms with Crippen molar-refractivity contribution in [1.29, 1.82) is 5.26 Å². The van der Waals surface area contributed by atoms with E-state index in [1.54, 1.807) is 151 Å². The quantitative estimate of drug-likeness (QED) is 0.0160. The summed E-state index contributed by atoms with van der Waals surface area (Å²) in [4.78, 5) is 35.1. The second-order valence-electron chi connectivity index (χ2n) is 26.1. The van der Waals surface area contributed by atoms with Gasteiger partial charge in [0.25, 0.3) is 0 Å². The van der Waals surface area contributed by atoms with E-state index in [1.165, 1.54) is 27.7 Å². The molecule has 2 unspecified atom stereocenters. The van der Waals surface area contributed by atoms with Crippen LogP contribution in [-0.4, -0.2) is 132 Å². The van der Waals surface area contributed by atoms with Crippen molar-refractivity contribution in [1.82, 2.24) is 0 Å². The molecule has 0 fully saturated rings. The molecule has 0 amide bonds. The van der Waals surface area contributed by atoms with Gasteiger partial charge in [-0.05, 0) is 186 Å². The molecule has 4 aromatic rings. The predicted molar refractivity (Wildman–Crippen MR) is 438 cm³/mol. The summed E-state index contributed by atoms with van der Waals surface area (Å²) in [6.45, 7) is 57.4. The molecule has 0 aromatic heterocycles. The fourth-order valence-corrected chi connectivity index (χ4v) is 16.0. The van der Waals surface area contributed by atoms with Crippen LogP contribution in [0, 0.1) is 24.5 Å². The molecule has 4 aromatic carbocycles. The molecule has 0 aliphatic rings. The number of halogens is 1. The van der Waals surface area contributed by atoms with E-state index < -0.39 is 90.9 Å². The van der Waals surface area contributed by atoms with Crippen LogP contribution >= 0.6 is 65.4 Å². The van der Waals surface area contributed by atoms with Gasteiger partial charge in [-0.15, -0.1) is 12.4 Å². The van der Waals surface area contributed by atoms with E-state index in [0.29, 0.717) is 55.8 Å². The first-order chi connectivity index (χ1) is 49.4. The second kappa shape index (κ2) is 54.2. The summed E-state index contributed by atoms with van der Waals surface area (Å²) in [5, 5.41) is 2.72. The Labute approximate surface area is 652 Å². The van der Waals surface area contributed by atoms with Crippen molar-refractivity contribution in [2.24, 2.45) is 17.2 Å². The van der Waals surface area contributed by atoms with Gasteiger partial charge in [0.1, 0.15) is 23.0 Å². The van der Waals surface area contributed by atoms with Gasteiger partial charge >= 0.3 is 63.1 Å². The lowest BCUT2D eigenvalue weighted by atomic mass is 10.1. The lowest BCUT2D eigenvalue weighted by Crippen LogP contribution is -2.36. The van der Waals surface area contributed by atoms with Gasteiger partial charge in [0, 0.05) is 47.1 Å². The van der Waals surface area contributed by atoms with E-state index in [2.05, 4.69) is 9.69 Å². The van der Waals surface area contributed by atoms with Crippen LogP contribution < -0.4 is 35.3 Å². The van der Waals surface area contributed by atoms with E-state index >= 15 is 0 Å². The molecular formula is C72H128ClN6O22P7. The van der Waals surface area contributed by atoms with Gasteiger partial charge in [0.05, 0.1) is 78.1 Å². The second-order valence-corrected chi connectivity index (χ2v) is 44.0. The summed E-state index contributed by atoms with van der Waals surface area (Å²) >= 11 is 0. The molecule has 0 heterocycles.